The Morgan fingerprint density at radius 2 is 1.74 bits per heavy atom. The van der Waals surface area contributed by atoms with Crippen molar-refractivity contribution in [2.45, 2.75) is 13.5 Å². The number of nitrogens with zero attached hydrogens (tertiary/aromatic N) is 1. The summed E-state index contributed by atoms with van der Waals surface area (Å²) in [5.41, 5.74) is 6.28. The summed E-state index contributed by atoms with van der Waals surface area (Å²) in [7, 11) is 0. The standard InChI is InChI=1S/C22H19BrN2O2/c1-16-6-8-18(9-7-16)15-27-19-12-10-17(11-13-19)14-24-25-22(26)20-4-2-3-5-21(20)23/h2-14H,15H2,1H3,(H,25,26)/b24-14-. The van der Waals surface area contributed by atoms with Crippen LogP contribution in [0, 0.1) is 6.92 Å². The van der Waals surface area contributed by atoms with Crippen molar-refractivity contribution in [2.75, 3.05) is 0 Å². The summed E-state index contributed by atoms with van der Waals surface area (Å²) in [6.45, 7) is 2.59. The first kappa shape index (κ1) is 18.9. The normalized spacial score (nSPS) is 10.7. The molecule has 0 aromatic heterocycles. The SMILES string of the molecule is Cc1ccc(COc2ccc(/C=N\NC(=O)c3ccccc3Br)cc2)cc1. The summed E-state index contributed by atoms with van der Waals surface area (Å²) in [6.07, 6.45) is 1.60. The van der Waals surface area contributed by atoms with E-state index in [1.54, 1.807) is 18.3 Å². The molecule has 0 saturated heterocycles. The lowest BCUT2D eigenvalue weighted by Crippen LogP contribution is -2.18. The minimum absolute atomic E-state index is 0.267. The zero-order valence-electron chi connectivity index (χ0n) is 14.9. The molecule has 5 heteroatoms. The second-order valence-electron chi connectivity index (χ2n) is 6.02. The number of benzene rings is 3. The number of hydrogen-bond donors (Lipinski definition) is 1. The second-order valence-corrected chi connectivity index (χ2v) is 6.88. The number of hydrazone groups is 1. The fourth-order valence-electron chi connectivity index (χ4n) is 2.37. The monoisotopic (exact) mass is 422 g/mol. The van der Waals surface area contributed by atoms with Crippen molar-refractivity contribution in [1.82, 2.24) is 5.43 Å². The molecule has 0 aliphatic carbocycles. The Labute approximate surface area is 167 Å². The molecule has 0 saturated carbocycles. The lowest BCUT2D eigenvalue weighted by molar-refractivity contribution is 0.0954. The minimum Gasteiger partial charge on any atom is -0.489 e. The predicted octanol–water partition coefficient (Wildman–Crippen LogP) is 5.10. The van der Waals surface area contributed by atoms with Crippen molar-refractivity contribution >= 4 is 28.1 Å². The molecule has 1 amide bonds. The van der Waals surface area contributed by atoms with Gasteiger partial charge >= 0.3 is 0 Å². The van der Waals surface area contributed by atoms with Crippen LogP contribution in [0.4, 0.5) is 0 Å². The van der Waals surface area contributed by atoms with E-state index < -0.39 is 0 Å². The average Bonchev–Trinajstić information content (AvgIpc) is 2.69. The fourth-order valence-corrected chi connectivity index (χ4v) is 2.84. The van der Waals surface area contributed by atoms with E-state index in [-0.39, 0.29) is 5.91 Å². The molecule has 0 unspecified atom stereocenters. The number of hydrogen-bond acceptors (Lipinski definition) is 3. The molecule has 3 aromatic carbocycles. The number of carbonyl (C=O) groups is 1. The maximum atomic E-state index is 12.1. The van der Waals surface area contributed by atoms with E-state index in [1.807, 2.05) is 36.4 Å². The van der Waals surface area contributed by atoms with Gasteiger partial charge in [-0.25, -0.2) is 5.43 Å². The van der Waals surface area contributed by atoms with E-state index in [2.05, 4.69) is 57.6 Å². The van der Waals surface area contributed by atoms with Gasteiger partial charge in [0.25, 0.3) is 5.91 Å². The van der Waals surface area contributed by atoms with Crippen LogP contribution in [-0.4, -0.2) is 12.1 Å². The van der Waals surface area contributed by atoms with Gasteiger partial charge in [0.05, 0.1) is 11.8 Å². The van der Waals surface area contributed by atoms with E-state index in [1.165, 1.54) is 5.56 Å². The van der Waals surface area contributed by atoms with E-state index >= 15 is 0 Å². The Bertz CT molecular complexity index is 935. The van der Waals surface area contributed by atoms with Crippen molar-refractivity contribution in [3.8, 4) is 5.75 Å². The van der Waals surface area contributed by atoms with Crippen LogP contribution in [0.2, 0.25) is 0 Å². The molecule has 3 aromatic rings. The number of amides is 1. The average molecular weight is 423 g/mol. The minimum atomic E-state index is -0.267. The van der Waals surface area contributed by atoms with Gasteiger partial charge in [-0.15, -0.1) is 0 Å². The molecule has 4 nitrogen and oxygen atoms in total. The van der Waals surface area contributed by atoms with E-state index in [0.29, 0.717) is 12.2 Å². The highest BCUT2D eigenvalue weighted by Crippen LogP contribution is 2.16. The number of nitrogens with one attached hydrogen (secondary N) is 1. The highest BCUT2D eigenvalue weighted by atomic mass is 79.9. The second kappa shape index (κ2) is 9.14. The summed E-state index contributed by atoms with van der Waals surface area (Å²) in [5, 5.41) is 4.00. The summed E-state index contributed by atoms with van der Waals surface area (Å²) in [4.78, 5) is 12.1. The van der Waals surface area contributed by atoms with E-state index in [4.69, 9.17) is 4.74 Å². The third kappa shape index (κ3) is 5.53. The van der Waals surface area contributed by atoms with Gasteiger partial charge in [0.15, 0.2) is 0 Å². The summed E-state index contributed by atoms with van der Waals surface area (Å²) < 4.78 is 6.51. The number of rotatable bonds is 6. The van der Waals surface area contributed by atoms with Crippen LogP contribution in [0.25, 0.3) is 0 Å². The Balaban J connectivity index is 1.52. The molecular weight excluding hydrogens is 404 g/mol. The number of ether oxygens (including phenoxy) is 1. The molecule has 0 spiro atoms. The first-order chi connectivity index (χ1) is 13.1. The van der Waals surface area contributed by atoms with Crippen LogP contribution in [-0.2, 0) is 6.61 Å². The first-order valence-corrected chi connectivity index (χ1v) is 9.27. The van der Waals surface area contributed by atoms with Crippen LogP contribution >= 0.6 is 15.9 Å². The Kier molecular flexibility index (Phi) is 6.39. The lowest BCUT2D eigenvalue weighted by Gasteiger charge is -2.07. The molecule has 0 aliphatic rings. The van der Waals surface area contributed by atoms with Crippen LogP contribution < -0.4 is 10.2 Å². The summed E-state index contributed by atoms with van der Waals surface area (Å²) >= 11 is 3.35. The third-order valence-electron chi connectivity index (χ3n) is 3.90. The third-order valence-corrected chi connectivity index (χ3v) is 4.60. The molecule has 1 N–H and O–H groups in total. The van der Waals surface area contributed by atoms with Crippen LogP contribution in [0.5, 0.6) is 5.75 Å². The van der Waals surface area contributed by atoms with Crippen molar-refractivity contribution in [3.05, 3.63) is 99.5 Å². The van der Waals surface area contributed by atoms with Crippen LogP contribution in [0.3, 0.4) is 0 Å². The molecular formula is C22H19BrN2O2. The van der Waals surface area contributed by atoms with Crippen LogP contribution in [0.15, 0.2) is 82.4 Å². The van der Waals surface area contributed by atoms with Gasteiger partial charge in [-0.1, -0.05) is 42.0 Å². The lowest BCUT2D eigenvalue weighted by atomic mass is 10.2. The zero-order chi connectivity index (χ0) is 19.1. The number of aryl methyl sites for hydroxylation is 1. The summed E-state index contributed by atoms with van der Waals surface area (Å²) in [6, 6.07) is 23.0. The maximum Gasteiger partial charge on any atom is 0.272 e. The molecule has 0 heterocycles. The molecule has 0 aliphatic heterocycles. The zero-order valence-corrected chi connectivity index (χ0v) is 16.4. The molecule has 136 valence electrons. The topological polar surface area (TPSA) is 50.7 Å². The molecule has 0 bridgehead atoms. The number of carbonyl (C=O) groups excluding carboxylic acids is 1. The number of halogens is 1. The molecule has 0 fully saturated rings. The Morgan fingerprint density at radius 3 is 2.44 bits per heavy atom. The molecule has 0 atom stereocenters. The van der Waals surface area contributed by atoms with Gasteiger partial charge in [-0.2, -0.15) is 5.10 Å². The largest absolute Gasteiger partial charge is 0.489 e. The van der Waals surface area contributed by atoms with Gasteiger partial charge in [0.1, 0.15) is 12.4 Å². The highest BCUT2D eigenvalue weighted by molar-refractivity contribution is 9.10. The molecule has 0 radical (unpaired) electrons. The predicted molar refractivity (Wildman–Crippen MR) is 111 cm³/mol. The van der Waals surface area contributed by atoms with Gasteiger partial charge in [0, 0.05) is 4.47 Å². The van der Waals surface area contributed by atoms with Gasteiger partial charge < -0.3 is 4.74 Å². The van der Waals surface area contributed by atoms with Gasteiger partial charge in [0.2, 0.25) is 0 Å². The van der Waals surface area contributed by atoms with Crippen molar-refractivity contribution < 1.29 is 9.53 Å². The quantitative estimate of drug-likeness (QED) is 0.443. The maximum absolute atomic E-state index is 12.1. The van der Waals surface area contributed by atoms with Crippen LogP contribution in [0.1, 0.15) is 27.0 Å². The fraction of sp³-hybridized carbons (Fsp3) is 0.0909. The van der Waals surface area contributed by atoms with Crippen molar-refractivity contribution in [2.24, 2.45) is 5.10 Å². The van der Waals surface area contributed by atoms with Crippen molar-refractivity contribution in [3.63, 3.8) is 0 Å². The Hall–Kier alpha value is -2.92. The van der Waals surface area contributed by atoms with E-state index in [9.17, 15) is 4.79 Å². The van der Waals surface area contributed by atoms with Gasteiger partial charge in [-0.05, 0) is 70.4 Å². The van der Waals surface area contributed by atoms with Gasteiger partial charge in [-0.3, -0.25) is 4.79 Å². The Morgan fingerprint density at radius 1 is 1.04 bits per heavy atom. The molecule has 27 heavy (non-hydrogen) atoms. The smallest absolute Gasteiger partial charge is 0.272 e. The molecule has 3 rings (SSSR count). The summed E-state index contributed by atoms with van der Waals surface area (Å²) in [5.74, 6) is 0.516. The van der Waals surface area contributed by atoms with E-state index in [0.717, 1.165) is 21.3 Å². The first-order valence-electron chi connectivity index (χ1n) is 8.48. The highest BCUT2D eigenvalue weighted by Gasteiger charge is 2.07. The van der Waals surface area contributed by atoms with Crippen molar-refractivity contribution in [1.29, 1.82) is 0 Å².